The van der Waals surface area contributed by atoms with Gasteiger partial charge in [0.2, 0.25) is 0 Å². The Morgan fingerprint density at radius 2 is 1.96 bits per heavy atom. The first-order valence-corrected chi connectivity index (χ1v) is 9.04. The molecule has 2 heterocycles. The molecule has 0 unspecified atom stereocenters. The van der Waals surface area contributed by atoms with Crippen molar-refractivity contribution in [2.45, 2.75) is 13.5 Å². The van der Waals surface area contributed by atoms with Crippen LogP contribution in [0.1, 0.15) is 23.0 Å². The predicted octanol–water partition coefficient (Wildman–Crippen LogP) is 3.61. The van der Waals surface area contributed by atoms with E-state index in [1.807, 2.05) is 49.4 Å². The maximum atomic E-state index is 12.9. The van der Waals surface area contributed by atoms with Gasteiger partial charge in [0.25, 0.3) is 5.91 Å². The number of fused-ring (bicyclic) bond motifs is 2. The molecule has 0 saturated heterocycles. The number of carbonyl (C=O) groups is 1. The number of ether oxygens (including phenoxy) is 3. The van der Waals surface area contributed by atoms with Crippen molar-refractivity contribution in [1.82, 2.24) is 9.88 Å². The van der Waals surface area contributed by atoms with Crippen LogP contribution in [0.5, 0.6) is 17.2 Å². The van der Waals surface area contributed by atoms with Gasteiger partial charge in [0, 0.05) is 24.5 Å². The molecule has 0 fully saturated rings. The first kappa shape index (κ1) is 17.3. The standard InChI is InChI=1S/C21H22N2O4/c1-3-25-18-6-4-5-16-15(18)12-17(22-16)21(24)23(2)13-14-7-8-19-20(11-14)27-10-9-26-19/h4-8,11-12,22H,3,9-10,13H2,1-2H3. The van der Waals surface area contributed by atoms with Crippen LogP contribution >= 0.6 is 0 Å². The molecule has 0 radical (unpaired) electrons. The molecule has 0 saturated carbocycles. The topological polar surface area (TPSA) is 63.8 Å². The van der Waals surface area contributed by atoms with Gasteiger partial charge < -0.3 is 24.1 Å². The van der Waals surface area contributed by atoms with E-state index in [4.69, 9.17) is 14.2 Å². The van der Waals surface area contributed by atoms with E-state index in [-0.39, 0.29) is 5.91 Å². The number of H-pyrrole nitrogens is 1. The largest absolute Gasteiger partial charge is 0.493 e. The molecule has 0 bridgehead atoms. The minimum absolute atomic E-state index is 0.0801. The number of aromatic nitrogens is 1. The van der Waals surface area contributed by atoms with E-state index in [9.17, 15) is 4.79 Å². The van der Waals surface area contributed by atoms with Gasteiger partial charge in [-0.3, -0.25) is 4.79 Å². The van der Waals surface area contributed by atoms with Gasteiger partial charge in [0.1, 0.15) is 24.7 Å². The highest BCUT2D eigenvalue weighted by atomic mass is 16.6. The van der Waals surface area contributed by atoms with Crippen LogP contribution in [-0.4, -0.2) is 42.7 Å². The molecule has 0 spiro atoms. The van der Waals surface area contributed by atoms with Crippen LogP contribution < -0.4 is 14.2 Å². The summed E-state index contributed by atoms with van der Waals surface area (Å²) in [4.78, 5) is 17.7. The van der Waals surface area contributed by atoms with Crippen LogP contribution in [0.25, 0.3) is 10.9 Å². The number of nitrogens with one attached hydrogen (secondary N) is 1. The third-order valence-corrected chi connectivity index (χ3v) is 4.53. The van der Waals surface area contributed by atoms with Gasteiger partial charge in [-0.1, -0.05) is 12.1 Å². The van der Waals surface area contributed by atoms with Crippen molar-refractivity contribution < 1.29 is 19.0 Å². The van der Waals surface area contributed by atoms with E-state index in [0.29, 0.717) is 32.1 Å². The Balaban J connectivity index is 1.54. The molecular formula is C21H22N2O4. The van der Waals surface area contributed by atoms with Crippen molar-refractivity contribution in [2.24, 2.45) is 0 Å². The summed E-state index contributed by atoms with van der Waals surface area (Å²) in [7, 11) is 1.79. The molecule has 1 aromatic heterocycles. The summed E-state index contributed by atoms with van der Waals surface area (Å²) in [5.41, 5.74) is 2.41. The number of carbonyl (C=O) groups excluding carboxylic acids is 1. The van der Waals surface area contributed by atoms with Crippen LogP contribution in [0.2, 0.25) is 0 Å². The molecule has 27 heavy (non-hydrogen) atoms. The van der Waals surface area contributed by atoms with E-state index in [0.717, 1.165) is 33.7 Å². The number of amides is 1. The lowest BCUT2D eigenvalue weighted by molar-refractivity contribution is 0.0780. The van der Waals surface area contributed by atoms with Crippen LogP contribution in [0, 0.1) is 0 Å². The van der Waals surface area contributed by atoms with Crippen molar-refractivity contribution in [3.05, 3.63) is 53.7 Å². The van der Waals surface area contributed by atoms with E-state index in [1.165, 1.54) is 0 Å². The van der Waals surface area contributed by atoms with Gasteiger partial charge in [-0.2, -0.15) is 0 Å². The summed E-state index contributed by atoms with van der Waals surface area (Å²) in [6.45, 7) is 4.11. The summed E-state index contributed by atoms with van der Waals surface area (Å²) in [6.07, 6.45) is 0. The number of rotatable bonds is 5. The highest BCUT2D eigenvalue weighted by Gasteiger charge is 2.18. The van der Waals surface area contributed by atoms with Crippen LogP contribution in [0.15, 0.2) is 42.5 Å². The normalized spacial score (nSPS) is 12.8. The number of aromatic amines is 1. The second-order valence-corrected chi connectivity index (χ2v) is 6.47. The molecule has 3 aromatic rings. The first-order chi connectivity index (χ1) is 13.2. The van der Waals surface area contributed by atoms with Gasteiger partial charge in [-0.25, -0.2) is 0 Å². The minimum Gasteiger partial charge on any atom is -0.493 e. The average molecular weight is 366 g/mol. The maximum absolute atomic E-state index is 12.9. The van der Waals surface area contributed by atoms with Gasteiger partial charge in [-0.15, -0.1) is 0 Å². The van der Waals surface area contributed by atoms with Gasteiger partial charge in [0.05, 0.1) is 6.61 Å². The molecule has 0 aliphatic carbocycles. The van der Waals surface area contributed by atoms with E-state index in [2.05, 4.69) is 4.98 Å². The Labute approximate surface area is 157 Å². The molecule has 1 amide bonds. The fourth-order valence-corrected chi connectivity index (χ4v) is 3.26. The summed E-state index contributed by atoms with van der Waals surface area (Å²) >= 11 is 0. The summed E-state index contributed by atoms with van der Waals surface area (Å²) in [6, 6.07) is 13.4. The van der Waals surface area contributed by atoms with E-state index in [1.54, 1.807) is 11.9 Å². The molecule has 6 heteroatoms. The zero-order valence-electron chi connectivity index (χ0n) is 15.5. The molecule has 140 valence electrons. The highest BCUT2D eigenvalue weighted by molar-refractivity contribution is 5.99. The average Bonchev–Trinajstić information content (AvgIpc) is 3.13. The van der Waals surface area contributed by atoms with Crippen molar-refractivity contribution in [3.63, 3.8) is 0 Å². The second kappa shape index (κ2) is 7.23. The minimum atomic E-state index is -0.0801. The Kier molecular flexibility index (Phi) is 4.62. The molecule has 1 aliphatic heterocycles. The molecule has 1 aliphatic rings. The Hall–Kier alpha value is -3.15. The third-order valence-electron chi connectivity index (χ3n) is 4.53. The SMILES string of the molecule is CCOc1cccc2[nH]c(C(=O)N(C)Cc3ccc4c(c3)OCCO4)cc12. The van der Waals surface area contributed by atoms with Crippen molar-refractivity contribution >= 4 is 16.8 Å². The summed E-state index contributed by atoms with van der Waals surface area (Å²) in [5.74, 6) is 2.17. The molecule has 6 nitrogen and oxygen atoms in total. The fraction of sp³-hybridized carbons (Fsp3) is 0.286. The van der Waals surface area contributed by atoms with Gasteiger partial charge >= 0.3 is 0 Å². The summed E-state index contributed by atoms with van der Waals surface area (Å²) < 4.78 is 16.8. The quantitative estimate of drug-likeness (QED) is 0.749. The van der Waals surface area contributed by atoms with Gasteiger partial charge in [-0.05, 0) is 42.8 Å². The van der Waals surface area contributed by atoms with E-state index < -0.39 is 0 Å². The zero-order valence-corrected chi connectivity index (χ0v) is 15.5. The second-order valence-electron chi connectivity index (χ2n) is 6.47. The molecule has 2 aromatic carbocycles. The molecular weight excluding hydrogens is 344 g/mol. The molecule has 1 N–H and O–H groups in total. The van der Waals surface area contributed by atoms with E-state index >= 15 is 0 Å². The zero-order chi connectivity index (χ0) is 18.8. The fourth-order valence-electron chi connectivity index (χ4n) is 3.26. The highest BCUT2D eigenvalue weighted by Crippen LogP contribution is 2.31. The Morgan fingerprint density at radius 1 is 1.15 bits per heavy atom. The van der Waals surface area contributed by atoms with Crippen molar-refractivity contribution in [2.75, 3.05) is 26.9 Å². The summed E-state index contributed by atoms with van der Waals surface area (Å²) in [5, 5.41) is 0.912. The van der Waals surface area contributed by atoms with Crippen molar-refractivity contribution in [1.29, 1.82) is 0 Å². The predicted molar refractivity (Wildman–Crippen MR) is 103 cm³/mol. The number of nitrogens with zero attached hydrogens (tertiary/aromatic N) is 1. The van der Waals surface area contributed by atoms with Gasteiger partial charge in [0.15, 0.2) is 11.5 Å². The maximum Gasteiger partial charge on any atom is 0.270 e. The smallest absolute Gasteiger partial charge is 0.270 e. The van der Waals surface area contributed by atoms with Crippen molar-refractivity contribution in [3.8, 4) is 17.2 Å². The molecule has 0 atom stereocenters. The third kappa shape index (κ3) is 3.43. The van der Waals surface area contributed by atoms with Crippen LogP contribution in [-0.2, 0) is 6.54 Å². The first-order valence-electron chi connectivity index (χ1n) is 9.04. The lowest BCUT2D eigenvalue weighted by Gasteiger charge is -2.21. The monoisotopic (exact) mass is 366 g/mol. The number of benzene rings is 2. The Morgan fingerprint density at radius 3 is 2.78 bits per heavy atom. The molecule has 4 rings (SSSR count). The Bertz CT molecular complexity index is 979. The lowest BCUT2D eigenvalue weighted by Crippen LogP contribution is -2.26. The number of hydrogen-bond donors (Lipinski definition) is 1. The van der Waals surface area contributed by atoms with Crippen LogP contribution in [0.3, 0.4) is 0 Å². The number of hydrogen-bond acceptors (Lipinski definition) is 4. The lowest BCUT2D eigenvalue weighted by atomic mass is 10.1. The van der Waals surface area contributed by atoms with Crippen LogP contribution in [0.4, 0.5) is 0 Å².